The minimum atomic E-state index is 0.269. The van der Waals surface area contributed by atoms with Gasteiger partial charge in [0.15, 0.2) is 5.71 Å². The van der Waals surface area contributed by atoms with Gasteiger partial charge in [-0.3, -0.25) is 0 Å². The van der Waals surface area contributed by atoms with Gasteiger partial charge in [0.1, 0.15) is 48.0 Å². The zero-order valence-electron chi connectivity index (χ0n) is 62.7. The number of rotatable bonds is 38. The maximum absolute atomic E-state index is 10.1. The van der Waals surface area contributed by atoms with E-state index in [1.165, 1.54) is 11.4 Å². The highest BCUT2D eigenvalue weighted by molar-refractivity contribution is 6.03. The van der Waals surface area contributed by atoms with Crippen molar-refractivity contribution in [1.82, 2.24) is 0 Å². The second kappa shape index (κ2) is 41.1. The molecule has 0 atom stereocenters. The Balaban J connectivity index is 1.18. The fourth-order valence-corrected chi connectivity index (χ4v) is 12.8. The average molecular weight is 1370 g/mol. The molecule has 0 aromatic heterocycles. The van der Waals surface area contributed by atoms with E-state index < -0.39 is 0 Å². The molecule has 0 unspecified atom stereocenters. The van der Waals surface area contributed by atoms with Crippen LogP contribution in [0, 0.1) is 49.7 Å². The molecule has 14 nitrogen and oxygen atoms in total. The number of nitrogens with one attached hydrogen (secondary N) is 2. The number of anilines is 5. The largest absolute Gasteiger partial charge is 0.379 e. The molecule has 0 saturated carbocycles. The Labute approximate surface area is 615 Å². The topological polar surface area (TPSA) is 143 Å². The van der Waals surface area contributed by atoms with Crippen molar-refractivity contribution < 1.29 is 4.58 Å². The molecule has 1 aliphatic rings. The molecule has 103 heavy (non-hydrogen) atoms. The van der Waals surface area contributed by atoms with Gasteiger partial charge in [-0.25, -0.2) is 14.3 Å². The van der Waals surface area contributed by atoms with E-state index >= 15 is 0 Å². The highest BCUT2D eigenvalue weighted by Gasteiger charge is 2.19. The zero-order chi connectivity index (χ0) is 73.3. The maximum Gasteiger partial charge on any atom is 0.215 e. The van der Waals surface area contributed by atoms with Crippen LogP contribution in [0.5, 0.6) is 0 Å². The van der Waals surface area contributed by atoms with Crippen molar-refractivity contribution in [2.24, 2.45) is 20.5 Å². The first kappa shape index (κ1) is 77.8. The van der Waals surface area contributed by atoms with E-state index in [2.05, 4.69) is 257 Å². The summed E-state index contributed by atoms with van der Waals surface area (Å²) in [6.45, 7) is 46.2. The molecule has 0 radical (unpaired) electrons. The first-order chi connectivity index (χ1) is 50.4. The summed E-state index contributed by atoms with van der Waals surface area (Å²) in [6.07, 6.45) is 29.0. The van der Waals surface area contributed by atoms with Crippen LogP contribution in [0.25, 0.3) is 20.8 Å². The highest BCUT2D eigenvalue weighted by Crippen LogP contribution is 2.40. The third-order valence-corrected chi connectivity index (χ3v) is 18.4. The van der Waals surface area contributed by atoms with Crippen LogP contribution in [0.2, 0.25) is 0 Å². The Morgan fingerprint density at radius 1 is 0.466 bits per heavy atom. The summed E-state index contributed by atoms with van der Waals surface area (Å²) in [7, 11) is 0. The summed E-state index contributed by atoms with van der Waals surface area (Å²) in [6, 6.07) is 50.7. The van der Waals surface area contributed by atoms with Gasteiger partial charge in [-0.2, -0.15) is 20.8 Å². The second-order valence-corrected chi connectivity index (χ2v) is 26.5. The van der Waals surface area contributed by atoms with Gasteiger partial charge in [0.05, 0.1) is 35.6 Å². The van der Waals surface area contributed by atoms with Crippen LogP contribution < -0.4 is 25.3 Å². The van der Waals surface area contributed by atoms with E-state index in [4.69, 9.17) is 23.4 Å². The van der Waals surface area contributed by atoms with Gasteiger partial charge in [0.2, 0.25) is 11.4 Å². The van der Waals surface area contributed by atoms with Gasteiger partial charge in [0.25, 0.3) is 0 Å². The first-order valence-electron chi connectivity index (χ1n) is 37.4. The lowest BCUT2D eigenvalue weighted by molar-refractivity contribution is -0.527. The summed E-state index contributed by atoms with van der Waals surface area (Å²) in [5.41, 5.74) is 19.6. The van der Waals surface area contributed by atoms with Gasteiger partial charge in [-0.15, -0.1) is 10.2 Å². The second-order valence-electron chi connectivity index (χ2n) is 26.5. The molecule has 1 aliphatic carbocycles. The lowest BCUT2D eigenvalue weighted by Gasteiger charge is -2.25. The van der Waals surface area contributed by atoms with Gasteiger partial charge in [0, 0.05) is 94.4 Å². The molecule has 0 saturated heterocycles. The van der Waals surface area contributed by atoms with Gasteiger partial charge < -0.3 is 25.3 Å². The molecule has 2 N–H and O–H groups in total. The molecule has 0 fully saturated rings. The van der Waals surface area contributed by atoms with Crippen molar-refractivity contribution in [3.8, 4) is 12.1 Å². The minimum Gasteiger partial charge on any atom is -0.379 e. The molecule has 8 rings (SSSR count). The quantitative estimate of drug-likeness (QED) is 0.0170. The van der Waals surface area contributed by atoms with Crippen molar-refractivity contribution in [3.05, 3.63) is 254 Å². The smallest absolute Gasteiger partial charge is 0.215 e. The van der Waals surface area contributed by atoms with Crippen LogP contribution in [0.4, 0.5) is 62.6 Å². The molecule has 530 valence electrons. The van der Waals surface area contributed by atoms with E-state index in [9.17, 15) is 10.5 Å². The SMILES string of the molecule is [C-]#[N+]c1cc(C)cc(C#N)c1N=Nc1ccc(N(CCC)CCC)cc1NCc1ccc(C(/C=C/C=C(\c2ccc(CNc3cc(N(CCC)CCC)ccc3N=Nc3c(C#N)cc(C)cc3[N+]#[C-])cc2)c2ccc(N(CCCC)CCCC)cc2)=C2C=CC(=[N+](CCCC)CCCC)C=C2)cc1. The van der Waals surface area contributed by atoms with Crippen molar-refractivity contribution in [2.75, 3.05) is 77.7 Å². The van der Waals surface area contributed by atoms with Crippen molar-refractivity contribution >= 4 is 79.4 Å². The summed E-state index contributed by atoms with van der Waals surface area (Å²) < 4.78 is 2.54. The van der Waals surface area contributed by atoms with Gasteiger partial charge in [-0.1, -0.05) is 183 Å². The van der Waals surface area contributed by atoms with Gasteiger partial charge >= 0.3 is 0 Å². The van der Waals surface area contributed by atoms with Crippen LogP contribution in [0.3, 0.4) is 0 Å². The standard InChI is InChI=1S/C89H105N14/c1-13-21-52-102(53-22-14-2)76-40-36-72(37-41-76)80(70-32-28-68(29-33-70)64-94-84-60-78(100(48-17-5)49-18-6)44-46-82(84)96-98-88-74(62-90)56-66(9)58-86(88)92-11)26-25-27-81(73-38-42-77(43-39-73)103(54-23-15-3)55-24-16-4)71-34-30-69(31-35-71)65-95-85-61-79(101(50-19-7)51-20-8)45-47-83(85)97-99-89-75(63-91)57-67(10)59-87(89)93-12/h25-47,56-61,94-95H,13-24,48-55,64-65H2,1-10H3/q+1. The van der Waals surface area contributed by atoms with Crippen LogP contribution in [-0.4, -0.2) is 62.6 Å². The van der Waals surface area contributed by atoms with Crippen LogP contribution >= 0.6 is 0 Å². The third kappa shape index (κ3) is 22.0. The maximum atomic E-state index is 10.1. The van der Waals surface area contributed by atoms with Crippen molar-refractivity contribution in [3.63, 3.8) is 0 Å². The Morgan fingerprint density at radius 2 is 0.874 bits per heavy atom. The van der Waals surface area contributed by atoms with E-state index in [1.54, 1.807) is 24.3 Å². The molecule has 0 spiro atoms. The average Bonchev–Trinajstić information content (AvgIpc) is 0.835. The van der Waals surface area contributed by atoms with E-state index in [1.807, 2.05) is 26.0 Å². The molecule has 7 aromatic rings. The summed E-state index contributed by atoms with van der Waals surface area (Å²) >= 11 is 0. The summed E-state index contributed by atoms with van der Waals surface area (Å²) in [4.78, 5) is 14.8. The summed E-state index contributed by atoms with van der Waals surface area (Å²) in [5, 5.41) is 46.2. The fraction of sp³-hybridized carbons (Fsp3) is 0.360. The fourth-order valence-electron chi connectivity index (χ4n) is 12.8. The number of allylic oxidation sites excluding steroid dienone is 9. The number of benzene rings is 7. The molecule has 0 amide bonds. The number of unbranched alkanes of at least 4 members (excludes halogenated alkanes) is 4. The normalized spacial score (nSPS) is 12.0. The third-order valence-electron chi connectivity index (χ3n) is 18.4. The molecule has 0 heterocycles. The molecule has 7 aromatic carbocycles. The molecular formula is C89H105N14+. The van der Waals surface area contributed by atoms with Gasteiger partial charge in [-0.05, 0) is 170 Å². The number of azo groups is 2. The van der Waals surface area contributed by atoms with E-state index in [-0.39, 0.29) is 11.4 Å². The Hall–Kier alpha value is -10.9. The number of hydrogen-bond donors (Lipinski definition) is 2. The predicted octanol–water partition coefficient (Wildman–Crippen LogP) is 24.5. The van der Waals surface area contributed by atoms with Crippen LogP contribution in [0.1, 0.15) is 183 Å². The van der Waals surface area contributed by atoms with Crippen LogP contribution in [-0.2, 0) is 13.1 Å². The Bertz CT molecular complexity index is 4280. The molecular weight excluding hydrogens is 1270 g/mol. The zero-order valence-corrected chi connectivity index (χ0v) is 62.7. The lowest BCUT2D eigenvalue weighted by Crippen LogP contribution is -2.25. The summed E-state index contributed by atoms with van der Waals surface area (Å²) in [5.74, 6) is 0. The van der Waals surface area contributed by atoms with E-state index in [0.717, 1.165) is 208 Å². The molecule has 0 aliphatic heterocycles. The number of nitriles is 2. The van der Waals surface area contributed by atoms with Crippen molar-refractivity contribution in [1.29, 1.82) is 10.5 Å². The number of hydrogen-bond acceptors (Lipinski definition) is 11. The monoisotopic (exact) mass is 1370 g/mol. The number of nitrogens with zero attached hydrogens (tertiary/aromatic N) is 12. The van der Waals surface area contributed by atoms with Crippen molar-refractivity contribution in [2.45, 2.75) is 159 Å². The molecule has 0 bridgehead atoms. The Morgan fingerprint density at radius 3 is 1.28 bits per heavy atom. The van der Waals surface area contributed by atoms with Crippen LogP contribution in [0.15, 0.2) is 202 Å². The first-order valence-corrected chi connectivity index (χ1v) is 37.4. The lowest BCUT2D eigenvalue weighted by atomic mass is 9.93. The predicted molar refractivity (Wildman–Crippen MR) is 433 cm³/mol. The van der Waals surface area contributed by atoms with E-state index in [0.29, 0.717) is 47.0 Å². The minimum absolute atomic E-state index is 0.269. The highest BCUT2D eigenvalue weighted by atomic mass is 15.2. The molecule has 14 heteroatoms. The Kier molecular flexibility index (Phi) is 31.0. The number of aryl methyl sites for hydroxylation is 2.